The van der Waals surface area contributed by atoms with E-state index in [1.807, 2.05) is 0 Å². The van der Waals surface area contributed by atoms with Crippen molar-refractivity contribution in [2.45, 2.75) is 59.3 Å². The van der Waals surface area contributed by atoms with Gasteiger partial charge in [0.05, 0.1) is 0 Å². The quantitative estimate of drug-likeness (QED) is 0.481. The van der Waals surface area contributed by atoms with E-state index < -0.39 is 0 Å². The van der Waals surface area contributed by atoms with E-state index in [2.05, 4.69) is 26.1 Å². The van der Waals surface area contributed by atoms with Crippen LogP contribution in [0, 0.1) is 5.92 Å². The normalized spacial score (nSPS) is 10.8. The summed E-state index contributed by atoms with van der Waals surface area (Å²) >= 11 is 7.02. The lowest BCUT2D eigenvalue weighted by molar-refractivity contribution is 0.603. The van der Waals surface area contributed by atoms with E-state index in [0.717, 1.165) is 22.5 Å². The zero-order chi connectivity index (χ0) is 12.2. The zero-order valence-corrected chi connectivity index (χ0v) is 12.7. The van der Waals surface area contributed by atoms with E-state index in [9.17, 15) is 0 Å². The van der Waals surface area contributed by atoms with Gasteiger partial charge in [-0.2, -0.15) is 0 Å². The first kappa shape index (κ1) is 16.2. The number of hydrogen-bond acceptors (Lipinski definition) is 2. The van der Waals surface area contributed by atoms with Crippen LogP contribution in [0.2, 0.25) is 0 Å². The lowest BCUT2D eigenvalue weighted by atomic mass is 10.1. The Balaban J connectivity index is 3.15. The van der Waals surface area contributed by atoms with E-state index in [-0.39, 0.29) is 0 Å². The van der Waals surface area contributed by atoms with E-state index in [1.165, 1.54) is 38.5 Å². The standard InChI is InChI=1S/C13H27NS2/c1-4-5-6-7-8-9-10-14-13(15)16-11-12(2)3/h12H,4-11H2,1-3H3,(H,14,15). The fourth-order valence-electron chi connectivity index (χ4n) is 1.39. The van der Waals surface area contributed by atoms with Gasteiger partial charge in [-0.25, -0.2) is 0 Å². The van der Waals surface area contributed by atoms with Crippen LogP contribution < -0.4 is 5.32 Å². The predicted molar refractivity (Wildman–Crippen MR) is 81.3 cm³/mol. The van der Waals surface area contributed by atoms with Crippen LogP contribution in [0.5, 0.6) is 0 Å². The van der Waals surface area contributed by atoms with Crippen LogP contribution in [-0.4, -0.2) is 16.6 Å². The van der Waals surface area contributed by atoms with Gasteiger partial charge < -0.3 is 5.32 Å². The minimum atomic E-state index is 0.721. The molecule has 0 aromatic rings. The summed E-state index contributed by atoms with van der Waals surface area (Å²) in [6, 6.07) is 0. The Morgan fingerprint density at radius 1 is 1.12 bits per heavy atom. The Kier molecular flexibility index (Phi) is 11.9. The second-order valence-corrected chi connectivity index (χ2v) is 6.38. The van der Waals surface area contributed by atoms with Crippen molar-refractivity contribution in [2.75, 3.05) is 12.3 Å². The van der Waals surface area contributed by atoms with E-state index >= 15 is 0 Å². The smallest absolute Gasteiger partial charge is 0.133 e. The van der Waals surface area contributed by atoms with Gasteiger partial charge in [-0.05, 0) is 12.3 Å². The molecule has 0 aliphatic rings. The van der Waals surface area contributed by atoms with E-state index in [4.69, 9.17) is 12.2 Å². The molecule has 1 nitrogen and oxygen atoms in total. The van der Waals surface area contributed by atoms with Crippen molar-refractivity contribution in [1.29, 1.82) is 0 Å². The SMILES string of the molecule is CCCCCCCCNC(=S)SCC(C)C. The molecule has 96 valence electrons. The van der Waals surface area contributed by atoms with Crippen LogP contribution in [0.15, 0.2) is 0 Å². The Labute approximate surface area is 111 Å². The summed E-state index contributed by atoms with van der Waals surface area (Å²) in [5, 5.41) is 3.32. The van der Waals surface area contributed by atoms with Gasteiger partial charge in [0.15, 0.2) is 0 Å². The summed E-state index contributed by atoms with van der Waals surface area (Å²) in [7, 11) is 0. The second kappa shape index (κ2) is 11.7. The highest BCUT2D eigenvalue weighted by Gasteiger charge is 1.99. The molecule has 3 heteroatoms. The minimum Gasteiger partial charge on any atom is -0.371 e. The van der Waals surface area contributed by atoms with Gasteiger partial charge in [0, 0.05) is 12.3 Å². The van der Waals surface area contributed by atoms with Crippen molar-refractivity contribution in [2.24, 2.45) is 5.92 Å². The molecule has 0 aliphatic carbocycles. The first-order valence-corrected chi connectivity index (χ1v) is 7.96. The maximum absolute atomic E-state index is 5.24. The zero-order valence-electron chi connectivity index (χ0n) is 11.1. The lowest BCUT2D eigenvalue weighted by Crippen LogP contribution is -2.20. The molecule has 16 heavy (non-hydrogen) atoms. The van der Waals surface area contributed by atoms with Crippen LogP contribution in [-0.2, 0) is 0 Å². The molecule has 0 spiro atoms. The van der Waals surface area contributed by atoms with Gasteiger partial charge in [-0.3, -0.25) is 0 Å². The Bertz CT molecular complexity index is 169. The number of thioether (sulfide) groups is 1. The van der Waals surface area contributed by atoms with Crippen LogP contribution in [0.3, 0.4) is 0 Å². The van der Waals surface area contributed by atoms with Gasteiger partial charge in [0.25, 0.3) is 0 Å². The fraction of sp³-hybridized carbons (Fsp3) is 0.923. The van der Waals surface area contributed by atoms with Crippen LogP contribution in [0.4, 0.5) is 0 Å². The molecule has 0 atom stereocenters. The summed E-state index contributed by atoms with van der Waals surface area (Å²) in [4.78, 5) is 0. The van der Waals surface area contributed by atoms with Gasteiger partial charge in [0.1, 0.15) is 4.32 Å². The third-order valence-electron chi connectivity index (χ3n) is 2.35. The average molecular weight is 262 g/mol. The molecule has 0 amide bonds. The van der Waals surface area contributed by atoms with Crippen molar-refractivity contribution < 1.29 is 0 Å². The molecule has 0 unspecified atom stereocenters. The van der Waals surface area contributed by atoms with Gasteiger partial charge >= 0.3 is 0 Å². The fourth-order valence-corrected chi connectivity index (χ4v) is 2.38. The van der Waals surface area contributed by atoms with Crippen molar-refractivity contribution >= 4 is 28.3 Å². The molecule has 0 heterocycles. The van der Waals surface area contributed by atoms with Gasteiger partial charge in [0.2, 0.25) is 0 Å². The number of thiocarbonyl (C=S) groups is 1. The summed E-state index contributed by atoms with van der Waals surface area (Å²) in [6.07, 6.45) is 8.07. The van der Waals surface area contributed by atoms with Gasteiger partial charge in [-0.15, -0.1) is 0 Å². The van der Waals surface area contributed by atoms with Crippen molar-refractivity contribution in [1.82, 2.24) is 5.32 Å². The highest BCUT2D eigenvalue weighted by Crippen LogP contribution is 2.09. The Hall–Kier alpha value is 0.240. The molecule has 0 saturated heterocycles. The minimum absolute atomic E-state index is 0.721. The topological polar surface area (TPSA) is 12.0 Å². The summed E-state index contributed by atoms with van der Waals surface area (Å²) in [6.45, 7) is 7.76. The molecule has 0 radical (unpaired) electrons. The summed E-state index contributed by atoms with van der Waals surface area (Å²) in [5.74, 6) is 1.85. The maximum Gasteiger partial charge on any atom is 0.133 e. The van der Waals surface area contributed by atoms with Crippen molar-refractivity contribution in [3.63, 3.8) is 0 Å². The average Bonchev–Trinajstić information content (AvgIpc) is 2.25. The predicted octanol–water partition coefficient (Wildman–Crippen LogP) is 4.61. The molecule has 0 rings (SSSR count). The first-order valence-electron chi connectivity index (χ1n) is 6.57. The Morgan fingerprint density at radius 2 is 1.75 bits per heavy atom. The Morgan fingerprint density at radius 3 is 2.38 bits per heavy atom. The first-order chi connectivity index (χ1) is 7.66. The monoisotopic (exact) mass is 261 g/mol. The second-order valence-electron chi connectivity index (χ2n) is 4.69. The van der Waals surface area contributed by atoms with Crippen molar-refractivity contribution in [3.8, 4) is 0 Å². The highest BCUT2D eigenvalue weighted by atomic mass is 32.2. The van der Waals surface area contributed by atoms with E-state index in [1.54, 1.807) is 11.8 Å². The summed E-state index contributed by atoms with van der Waals surface area (Å²) in [5.41, 5.74) is 0. The third-order valence-corrected chi connectivity index (χ3v) is 4.09. The number of rotatable bonds is 9. The van der Waals surface area contributed by atoms with E-state index in [0.29, 0.717) is 0 Å². The third kappa shape index (κ3) is 12.3. The van der Waals surface area contributed by atoms with Crippen LogP contribution >= 0.6 is 24.0 Å². The molecule has 0 fully saturated rings. The summed E-state index contributed by atoms with van der Waals surface area (Å²) < 4.78 is 0.974. The van der Waals surface area contributed by atoms with Gasteiger partial charge in [-0.1, -0.05) is 76.9 Å². The van der Waals surface area contributed by atoms with Crippen LogP contribution in [0.1, 0.15) is 59.3 Å². The molecular formula is C13H27NS2. The lowest BCUT2D eigenvalue weighted by Gasteiger charge is -2.08. The molecular weight excluding hydrogens is 234 g/mol. The molecule has 0 bridgehead atoms. The number of unbranched alkanes of at least 4 members (excludes halogenated alkanes) is 5. The number of hydrogen-bond donors (Lipinski definition) is 1. The molecule has 0 aromatic carbocycles. The maximum atomic E-state index is 5.24. The molecule has 1 N–H and O–H groups in total. The van der Waals surface area contributed by atoms with Crippen molar-refractivity contribution in [3.05, 3.63) is 0 Å². The highest BCUT2D eigenvalue weighted by molar-refractivity contribution is 8.22. The molecule has 0 aliphatic heterocycles. The molecule has 0 saturated carbocycles. The molecule has 0 aromatic heterocycles. The number of nitrogens with one attached hydrogen (secondary N) is 1. The van der Waals surface area contributed by atoms with Crippen LogP contribution in [0.25, 0.3) is 0 Å². The largest absolute Gasteiger partial charge is 0.371 e.